The van der Waals surface area contributed by atoms with E-state index in [2.05, 4.69) is 5.10 Å². The molecule has 156 valence electrons. The summed E-state index contributed by atoms with van der Waals surface area (Å²) in [6.45, 7) is 3.71. The van der Waals surface area contributed by atoms with E-state index in [1.165, 1.54) is 23.5 Å². The van der Waals surface area contributed by atoms with Crippen LogP contribution in [0.25, 0.3) is 16.3 Å². The van der Waals surface area contributed by atoms with Crippen molar-refractivity contribution in [1.82, 2.24) is 19.6 Å². The largest absolute Gasteiger partial charge is 0.450 e. The Kier molecular flexibility index (Phi) is 5.80. The first-order valence-electron chi connectivity index (χ1n) is 9.67. The molecule has 1 aromatic carbocycles. The number of hydrogen-bond acceptors (Lipinski definition) is 5. The Morgan fingerprint density at radius 3 is 2.43 bits per heavy atom. The van der Waals surface area contributed by atoms with Gasteiger partial charge in [-0.05, 0) is 48.7 Å². The molecule has 0 saturated carbocycles. The molecule has 2 amide bonds. The number of aromatic nitrogens is 2. The van der Waals surface area contributed by atoms with Gasteiger partial charge in [0, 0.05) is 26.2 Å². The van der Waals surface area contributed by atoms with Gasteiger partial charge in [0.05, 0.1) is 17.2 Å². The number of carbonyl (C=O) groups is 2. The summed E-state index contributed by atoms with van der Waals surface area (Å²) in [6, 6.07) is 11.5. The highest BCUT2D eigenvalue weighted by molar-refractivity contribution is 7.13. The SMILES string of the molecule is CCOC(=O)N1CCN(C(=O)c2cc(-c3cccs3)nn2-c2ccc(F)cc2)CC1. The van der Waals surface area contributed by atoms with Crippen LogP contribution in [-0.2, 0) is 4.74 Å². The molecule has 7 nitrogen and oxygen atoms in total. The topological polar surface area (TPSA) is 67.7 Å². The summed E-state index contributed by atoms with van der Waals surface area (Å²) in [5.74, 6) is -0.537. The Labute approximate surface area is 177 Å². The van der Waals surface area contributed by atoms with E-state index in [1.54, 1.807) is 39.6 Å². The second-order valence-electron chi connectivity index (χ2n) is 6.76. The van der Waals surface area contributed by atoms with Gasteiger partial charge in [-0.1, -0.05) is 6.07 Å². The number of benzene rings is 1. The molecule has 0 bridgehead atoms. The molecule has 1 saturated heterocycles. The van der Waals surface area contributed by atoms with E-state index >= 15 is 0 Å². The van der Waals surface area contributed by atoms with Gasteiger partial charge >= 0.3 is 6.09 Å². The fourth-order valence-electron chi connectivity index (χ4n) is 3.33. The van der Waals surface area contributed by atoms with Gasteiger partial charge in [0.2, 0.25) is 0 Å². The highest BCUT2D eigenvalue weighted by Gasteiger charge is 2.28. The molecule has 2 aromatic heterocycles. The molecule has 1 aliphatic heterocycles. The fraction of sp³-hybridized carbons (Fsp3) is 0.286. The molecule has 9 heteroatoms. The molecule has 1 aliphatic rings. The molecule has 0 radical (unpaired) electrons. The lowest BCUT2D eigenvalue weighted by Gasteiger charge is -2.34. The van der Waals surface area contributed by atoms with E-state index < -0.39 is 0 Å². The standard InChI is InChI=1S/C21H21FN4O3S/c1-2-29-21(28)25-11-9-24(10-12-25)20(27)18-14-17(19-4-3-13-30-19)23-26(18)16-7-5-15(22)6-8-16/h3-8,13-14H,2,9-12H2,1H3. The van der Waals surface area contributed by atoms with Crippen molar-refractivity contribution >= 4 is 23.3 Å². The second kappa shape index (κ2) is 8.66. The third-order valence-corrected chi connectivity index (χ3v) is 5.76. The average molecular weight is 428 g/mol. The molecule has 1 fully saturated rings. The molecule has 30 heavy (non-hydrogen) atoms. The molecule has 3 heterocycles. The Balaban J connectivity index is 1.60. The lowest BCUT2D eigenvalue weighted by atomic mass is 10.2. The predicted molar refractivity (Wildman–Crippen MR) is 111 cm³/mol. The molecule has 0 aliphatic carbocycles. The minimum absolute atomic E-state index is 0.182. The number of hydrogen-bond donors (Lipinski definition) is 0. The monoisotopic (exact) mass is 428 g/mol. The maximum atomic E-state index is 13.4. The quantitative estimate of drug-likeness (QED) is 0.636. The number of thiophene rings is 1. The second-order valence-corrected chi connectivity index (χ2v) is 7.71. The van der Waals surface area contributed by atoms with E-state index in [-0.39, 0.29) is 17.8 Å². The molecule has 0 N–H and O–H groups in total. The summed E-state index contributed by atoms with van der Waals surface area (Å²) >= 11 is 1.53. The molecule has 4 rings (SSSR count). The Morgan fingerprint density at radius 2 is 1.80 bits per heavy atom. The van der Waals surface area contributed by atoms with Crippen LogP contribution in [0.4, 0.5) is 9.18 Å². The average Bonchev–Trinajstić information content (AvgIpc) is 3.44. The van der Waals surface area contributed by atoms with Gasteiger partial charge in [-0.15, -0.1) is 11.3 Å². The lowest BCUT2D eigenvalue weighted by molar-refractivity contribution is 0.0563. The number of amides is 2. The molecule has 0 spiro atoms. The van der Waals surface area contributed by atoms with Crippen LogP contribution in [0.2, 0.25) is 0 Å². The summed E-state index contributed by atoms with van der Waals surface area (Å²) < 4.78 is 20.0. The molecule has 0 unspecified atom stereocenters. The first-order valence-corrected chi connectivity index (χ1v) is 10.6. The summed E-state index contributed by atoms with van der Waals surface area (Å²) in [6.07, 6.45) is -0.360. The molecular weight excluding hydrogens is 407 g/mol. The van der Waals surface area contributed by atoms with Crippen molar-refractivity contribution in [2.45, 2.75) is 6.92 Å². The lowest BCUT2D eigenvalue weighted by Crippen LogP contribution is -2.51. The Bertz CT molecular complexity index is 1030. The van der Waals surface area contributed by atoms with Gasteiger partial charge in [-0.3, -0.25) is 4.79 Å². The number of rotatable bonds is 4. The number of halogens is 1. The first kappa shape index (κ1) is 20.1. The van der Waals surface area contributed by atoms with E-state index in [4.69, 9.17) is 4.74 Å². The fourth-order valence-corrected chi connectivity index (χ4v) is 4.01. The van der Waals surface area contributed by atoms with Gasteiger partial charge in [0.25, 0.3) is 5.91 Å². The van der Waals surface area contributed by atoms with Gasteiger partial charge < -0.3 is 14.5 Å². The molecule has 0 atom stereocenters. The van der Waals surface area contributed by atoms with Crippen LogP contribution < -0.4 is 0 Å². The van der Waals surface area contributed by atoms with Crippen molar-refractivity contribution in [2.24, 2.45) is 0 Å². The van der Waals surface area contributed by atoms with Gasteiger partial charge in [-0.2, -0.15) is 5.10 Å². The Morgan fingerprint density at radius 1 is 1.10 bits per heavy atom. The third kappa shape index (κ3) is 4.06. The van der Waals surface area contributed by atoms with E-state index in [9.17, 15) is 14.0 Å². The smallest absolute Gasteiger partial charge is 0.409 e. The zero-order valence-electron chi connectivity index (χ0n) is 16.5. The minimum Gasteiger partial charge on any atom is -0.450 e. The third-order valence-electron chi connectivity index (χ3n) is 4.87. The van der Waals surface area contributed by atoms with Gasteiger partial charge in [-0.25, -0.2) is 13.9 Å². The first-order chi connectivity index (χ1) is 14.6. The maximum absolute atomic E-state index is 13.4. The van der Waals surface area contributed by atoms with Crippen molar-refractivity contribution in [3.8, 4) is 16.3 Å². The van der Waals surface area contributed by atoms with Crippen LogP contribution in [0.5, 0.6) is 0 Å². The molecule has 3 aromatic rings. The normalized spacial score (nSPS) is 14.1. The van der Waals surface area contributed by atoms with E-state index in [1.807, 2.05) is 17.5 Å². The van der Waals surface area contributed by atoms with Crippen molar-refractivity contribution in [1.29, 1.82) is 0 Å². The van der Waals surface area contributed by atoms with Gasteiger partial charge in [0.15, 0.2) is 0 Å². The van der Waals surface area contributed by atoms with Crippen LogP contribution in [0.15, 0.2) is 47.8 Å². The number of carbonyl (C=O) groups excluding carboxylic acids is 2. The zero-order chi connectivity index (χ0) is 21.1. The van der Waals surface area contributed by atoms with Crippen molar-refractivity contribution in [3.05, 3.63) is 59.4 Å². The minimum atomic E-state index is -0.360. The van der Waals surface area contributed by atoms with Crippen LogP contribution in [-0.4, -0.2) is 64.4 Å². The predicted octanol–water partition coefficient (Wildman–Crippen LogP) is 3.65. The van der Waals surface area contributed by atoms with E-state index in [0.29, 0.717) is 49.9 Å². The van der Waals surface area contributed by atoms with Crippen LogP contribution in [0, 0.1) is 5.82 Å². The van der Waals surface area contributed by atoms with Crippen LogP contribution in [0.1, 0.15) is 17.4 Å². The highest BCUT2D eigenvalue weighted by atomic mass is 32.1. The van der Waals surface area contributed by atoms with Crippen LogP contribution in [0.3, 0.4) is 0 Å². The molecular formula is C21H21FN4O3S. The number of ether oxygens (including phenoxy) is 1. The highest BCUT2D eigenvalue weighted by Crippen LogP contribution is 2.26. The van der Waals surface area contributed by atoms with Gasteiger partial charge in [0.1, 0.15) is 17.2 Å². The maximum Gasteiger partial charge on any atom is 0.409 e. The Hall–Kier alpha value is -3.20. The number of nitrogens with zero attached hydrogens (tertiary/aromatic N) is 4. The summed E-state index contributed by atoms with van der Waals surface area (Å²) in [5, 5.41) is 6.56. The van der Waals surface area contributed by atoms with Crippen molar-refractivity contribution in [3.63, 3.8) is 0 Å². The number of piperazine rings is 1. The van der Waals surface area contributed by atoms with Crippen LogP contribution >= 0.6 is 11.3 Å². The van der Waals surface area contributed by atoms with Crippen molar-refractivity contribution in [2.75, 3.05) is 32.8 Å². The summed E-state index contributed by atoms with van der Waals surface area (Å²) in [5.41, 5.74) is 1.69. The summed E-state index contributed by atoms with van der Waals surface area (Å²) in [4.78, 5) is 29.4. The summed E-state index contributed by atoms with van der Waals surface area (Å²) in [7, 11) is 0. The van der Waals surface area contributed by atoms with E-state index in [0.717, 1.165) is 4.88 Å². The zero-order valence-corrected chi connectivity index (χ0v) is 17.3. The van der Waals surface area contributed by atoms with Crippen molar-refractivity contribution < 1.29 is 18.7 Å².